The zero-order chi connectivity index (χ0) is 17.5. The Balaban J connectivity index is 1.48. The Hall–Kier alpha value is -0.980. The van der Waals surface area contributed by atoms with E-state index in [2.05, 4.69) is 47.5 Å². The van der Waals surface area contributed by atoms with Gasteiger partial charge in [0, 0.05) is 50.8 Å². The van der Waals surface area contributed by atoms with Gasteiger partial charge in [0.15, 0.2) is 0 Å². The number of rotatable bonds is 7. The van der Waals surface area contributed by atoms with Crippen molar-refractivity contribution in [2.75, 3.05) is 46.1 Å². The van der Waals surface area contributed by atoms with Crippen LogP contribution in [0.25, 0.3) is 0 Å². The standard InChI is InChI=1S/C20H32N2O3/c1-17(21-15-20(16-23)7-10-24-11-8-20)19-14-22(9-12-25-19)13-18-5-3-2-4-6-18/h2-6,17,19,21,23H,7-16H2,1H3. The first kappa shape index (κ1) is 18.8. The fourth-order valence-electron chi connectivity index (χ4n) is 3.72. The highest BCUT2D eigenvalue weighted by Crippen LogP contribution is 2.29. The lowest BCUT2D eigenvalue weighted by atomic mass is 9.81. The molecule has 0 radical (unpaired) electrons. The summed E-state index contributed by atoms with van der Waals surface area (Å²) in [6.45, 7) is 8.43. The third-order valence-electron chi connectivity index (χ3n) is 5.67. The summed E-state index contributed by atoms with van der Waals surface area (Å²) >= 11 is 0. The number of aliphatic hydroxyl groups is 1. The number of nitrogens with zero attached hydrogens (tertiary/aromatic N) is 1. The second-order valence-corrected chi connectivity index (χ2v) is 7.57. The molecule has 2 aliphatic rings. The third kappa shape index (κ3) is 5.25. The van der Waals surface area contributed by atoms with Crippen molar-refractivity contribution in [1.29, 1.82) is 0 Å². The van der Waals surface area contributed by atoms with Crippen LogP contribution in [0.1, 0.15) is 25.3 Å². The molecule has 1 aromatic rings. The second kappa shape index (κ2) is 9.10. The number of ether oxygens (including phenoxy) is 2. The van der Waals surface area contributed by atoms with E-state index in [0.29, 0.717) is 0 Å². The van der Waals surface area contributed by atoms with Crippen LogP contribution in [0.3, 0.4) is 0 Å². The molecule has 5 heteroatoms. The van der Waals surface area contributed by atoms with Crippen molar-refractivity contribution < 1.29 is 14.6 Å². The van der Waals surface area contributed by atoms with E-state index in [9.17, 15) is 5.11 Å². The summed E-state index contributed by atoms with van der Waals surface area (Å²) in [5.74, 6) is 0. The zero-order valence-electron chi connectivity index (χ0n) is 15.3. The van der Waals surface area contributed by atoms with Gasteiger partial charge in [-0.15, -0.1) is 0 Å². The predicted molar refractivity (Wildman–Crippen MR) is 98.5 cm³/mol. The van der Waals surface area contributed by atoms with E-state index in [0.717, 1.165) is 58.8 Å². The van der Waals surface area contributed by atoms with Crippen LogP contribution in [-0.2, 0) is 16.0 Å². The van der Waals surface area contributed by atoms with Crippen molar-refractivity contribution in [3.8, 4) is 0 Å². The van der Waals surface area contributed by atoms with Crippen molar-refractivity contribution in [3.05, 3.63) is 35.9 Å². The first-order valence-electron chi connectivity index (χ1n) is 9.51. The summed E-state index contributed by atoms with van der Waals surface area (Å²) in [7, 11) is 0. The van der Waals surface area contributed by atoms with Gasteiger partial charge in [-0.2, -0.15) is 0 Å². The minimum atomic E-state index is -0.0368. The third-order valence-corrected chi connectivity index (χ3v) is 5.67. The van der Waals surface area contributed by atoms with Crippen molar-refractivity contribution >= 4 is 0 Å². The fourth-order valence-corrected chi connectivity index (χ4v) is 3.72. The Morgan fingerprint density at radius 1 is 1.24 bits per heavy atom. The molecule has 0 amide bonds. The van der Waals surface area contributed by atoms with Crippen molar-refractivity contribution in [1.82, 2.24) is 10.2 Å². The van der Waals surface area contributed by atoms with Gasteiger partial charge in [0.2, 0.25) is 0 Å². The fraction of sp³-hybridized carbons (Fsp3) is 0.700. The van der Waals surface area contributed by atoms with Gasteiger partial charge in [0.1, 0.15) is 0 Å². The average molecular weight is 348 g/mol. The SMILES string of the molecule is CC(NCC1(CO)CCOCC1)C1CN(Cc2ccccc2)CCO1. The number of morpholine rings is 1. The largest absolute Gasteiger partial charge is 0.396 e. The molecule has 2 saturated heterocycles. The number of benzene rings is 1. The highest BCUT2D eigenvalue weighted by atomic mass is 16.5. The summed E-state index contributed by atoms with van der Waals surface area (Å²) in [4.78, 5) is 2.47. The molecule has 2 aliphatic heterocycles. The Kier molecular flexibility index (Phi) is 6.84. The van der Waals surface area contributed by atoms with E-state index in [1.54, 1.807) is 0 Å². The van der Waals surface area contributed by atoms with Gasteiger partial charge >= 0.3 is 0 Å². The van der Waals surface area contributed by atoms with Gasteiger partial charge in [-0.1, -0.05) is 30.3 Å². The molecule has 2 fully saturated rings. The topological polar surface area (TPSA) is 54.0 Å². The number of hydrogen-bond acceptors (Lipinski definition) is 5. The molecule has 3 rings (SSSR count). The maximum absolute atomic E-state index is 9.84. The number of hydrogen-bond donors (Lipinski definition) is 2. The van der Waals surface area contributed by atoms with Crippen LogP contribution in [0, 0.1) is 5.41 Å². The molecule has 0 bridgehead atoms. The molecule has 2 heterocycles. The molecule has 2 N–H and O–H groups in total. The lowest BCUT2D eigenvalue weighted by molar-refractivity contribution is -0.0534. The lowest BCUT2D eigenvalue weighted by Gasteiger charge is -2.39. The maximum atomic E-state index is 9.84. The summed E-state index contributed by atoms with van der Waals surface area (Å²) in [6, 6.07) is 10.9. The first-order valence-corrected chi connectivity index (χ1v) is 9.51. The van der Waals surface area contributed by atoms with Crippen molar-refractivity contribution in [3.63, 3.8) is 0 Å². The quantitative estimate of drug-likeness (QED) is 0.785. The predicted octanol–water partition coefficient (Wildman–Crippen LogP) is 1.65. The molecule has 2 unspecified atom stereocenters. The first-order chi connectivity index (χ1) is 12.2. The molecule has 0 aromatic heterocycles. The normalized spacial score (nSPS) is 25.6. The average Bonchev–Trinajstić information content (AvgIpc) is 2.68. The van der Waals surface area contributed by atoms with E-state index >= 15 is 0 Å². The van der Waals surface area contributed by atoms with Gasteiger partial charge in [-0.25, -0.2) is 0 Å². The zero-order valence-corrected chi connectivity index (χ0v) is 15.3. The molecule has 0 aliphatic carbocycles. The van der Waals surface area contributed by atoms with Crippen molar-refractivity contribution in [2.24, 2.45) is 5.41 Å². The van der Waals surface area contributed by atoms with Crippen LogP contribution < -0.4 is 5.32 Å². The minimum absolute atomic E-state index is 0.0368. The van der Waals surface area contributed by atoms with E-state index in [-0.39, 0.29) is 24.2 Å². The van der Waals surface area contributed by atoms with Crippen LogP contribution >= 0.6 is 0 Å². The molecular formula is C20H32N2O3. The monoisotopic (exact) mass is 348 g/mol. The number of nitrogens with one attached hydrogen (secondary N) is 1. The number of aliphatic hydroxyl groups excluding tert-OH is 1. The van der Waals surface area contributed by atoms with Gasteiger partial charge in [-0.3, -0.25) is 4.90 Å². The highest BCUT2D eigenvalue weighted by molar-refractivity contribution is 5.14. The molecule has 2 atom stereocenters. The Bertz CT molecular complexity index is 505. The molecule has 140 valence electrons. The van der Waals surface area contributed by atoms with Crippen LogP contribution in [0.4, 0.5) is 0 Å². The van der Waals surface area contributed by atoms with Crippen LogP contribution in [0.2, 0.25) is 0 Å². The van der Waals surface area contributed by atoms with Crippen LogP contribution in [0.5, 0.6) is 0 Å². The highest BCUT2D eigenvalue weighted by Gasteiger charge is 2.33. The molecule has 0 spiro atoms. The van der Waals surface area contributed by atoms with Crippen LogP contribution in [-0.4, -0.2) is 68.2 Å². The summed E-state index contributed by atoms with van der Waals surface area (Å²) in [5, 5.41) is 13.5. The van der Waals surface area contributed by atoms with Crippen molar-refractivity contribution in [2.45, 2.75) is 38.5 Å². The molecule has 25 heavy (non-hydrogen) atoms. The summed E-state index contributed by atoms with van der Waals surface area (Å²) in [6.07, 6.45) is 2.04. The van der Waals surface area contributed by atoms with E-state index in [4.69, 9.17) is 9.47 Å². The van der Waals surface area contributed by atoms with Crippen LogP contribution in [0.15, 0.2) is 30.3 Å². The Morgan fingerprint density at radius 3 is 2.72 bits per heavy atom. The summed E-state index contributed by atoms with van der Waals surface area (Å²) < 4.78 is 11.5. The Labute approximate surface area is 151 Å². The smallest absolute Gasteiger partial charge is 0.0852 e. The second-order valence-electron chi connectivity index (χ2n) is 7.57. The van der Waals surface area contributed by atoms with Gasteiger partial charge in [-0.05, 0) is 25.3 Å². The molecular weight excluding hydrogens is 316 g/mol. The van der Waals surface area contributed by atoms with Gasteiger partial charge in [0.05, 0.1) is 19.3 Å². The maximum Gasteiger partial charge on any atom is 0.0852 e. The molecule has 0 saturated carbocycles. The molecule has 1 aromatic carbocycles. The van der Waals surface area contributed by atoms with E-state index in [1.807, 2.05) is 0 Å². The van der Waals surface area contributed by atoms with Gasteiger partial charge in [0.25, 0.3) is 0 Å². The Morgan fingerprint density at radius 2 is 2.00 bits per heavy atom. The summed E-state index contributed by atoms with van der Waals surface area (Å²) in [5.41, 5.74) is 1.32. The lowest BCUT2D eigenvalue weighted by Crippen LogP contribution is -2.53. The van der Waals surface area contributed by atoms with Gasteiger partial charge < -0.3 is 19.9 Å². The van der Waals surface area contributed by atoms with E-state index < -0.39 is 0 Å². The van der Waals surface area contributed by atoms with E-state index in [1.165, 1.54) is 5.56 Å². The molecule has 5 nitrogen and oxygen atoms in total. The minimum Gasteiger partial charge on any atom is -0.396 e.